The summed E-state index contributed by atoms with van der Waals surface area (Å²) >= 11 is 6.02. The number of aromatic nitrogens is 4. The van der Waals surface area contributed by atoms with Gasteiger partial charge in [0.05, 0.1) is 28.2 Å². The van der Waals surface area contributed by atoms with Crippen molar-refractivity contribution >= 4 is 39.3 Å². The molecule has 0 fully saturated rings. The predicted molar refractivity (Wildman–Crippen MR) is 114 cm³/mol. The Morgan fingerprint density at radius 3 is 2.83 bits per heavy atom. The van der Waals surface area contributed by atoms with Crippen LogP contribution in [-0.2, 0) is 0 Å². The number of nitrogens with zero attached hydrogens (tertiary/aromatic N) is 4. The fourth-order valence-corrected chi connectivity index (χ4v) is 3.60. The lowest BCUT2D eigenvalue weighted by atomic mass is 9.96. The number of imidazole rings is 1. The highest BCUT2D eigenvalue weighted by Gasteiger charge is 2.18. The van der Waals surface area contributed by atoms with Crippen molar-refractivity contribution in [1.82, 2.24) is 19.9 Å². The van der Waals surface area contributed by atoms with Crippen molar-refractivity contribution in [3.05, 3.63) is 89.1 Å². The number of pyridine rings is 2. The first-order chi connectivity index (χ1) is 14.6. The first-order valence-corrected chi connectivity index (χ1v) is 9.45. The smallest absolute Gasteiger partial charge is 0.228 e. The Balaban J connectivity index is 1.65. The van der Waals surface area contributed by atoms with Gasteiger partial charge in [-0.05, 0) is 48.5 Å². The third-order valence-electron chi connectivity index (χ3n) is 4.86. The van der Waals surface area contributed by atoms with E-state index in [0.717, 1.165) is 5.39 Å². The number of aromatic amines is 1. The second-order valence-corrected chi connectivity index (χ2v) is 7.15. The number of halogens is 1. The van der Waals surface area contributed by atoms with Crippen LogP contribution in [0, 0.1) is 11.3 Å². The summed E-state index contributed by atoms with van der Waals surface area (Å²) in [5.74, 6) is -0.0775. The highest BCUT2D eigenvalue weighted by molar-refractivity contribution is 6.31. The molecule has 0 spiro atoms. The van der Waals surface area contributed by atoms with E-state index in [2.05, 4.69) is 26.0 Å². The van der Waals surface area contributed by atoms with Crippen LogP contribution in [0.25, 0.3) is 33.1 Å². The number of benzene rings is 2. The molecular weight excluding hydrogens is 398 g/mol. The zero-order valence-corrected chi connectivity index (χ0v) is 16.2. The van der Waals surface area contributed by atoms with Crippen LogP contribution in [0.15, 0.2) is 67.1 Å². The van der Waals surface area contributed by atoms with Crippen molar-refractivity contribution in [2.45, 2.75) is 0 Å². The number of nitrogens with one attached hydrogen (secondary N) is 1. The van der Waals surface area contributed by atoms with Crippen molar-refractivity contribution in [2.75, 3.05) is 0 Å². The Bertz CT molecular complexity index is 1490. The molecule has 3 aromatic heterocycles. The van der Waals surface area contributed by atoms with E-state index in [1.54, 1.807) is 55.0 Å². The molecule has 0 aliphatic heterocycles. The van der Waals surface area contributed by atoms with Gasteiger partial charge in [0.1, 0.15) is 0 Å². The van der Waals surface area contributed by atoms with E-state index in [1.165, 1.54) is 0 Å². The number of hydrogen-bond donors (Lipinski definition) is 1. The number of hydrogen-bond acceptors (Lipinski definition) is 5. The molecule has 0 saturated carbocycles. The highest BCUT2D eigenvalue weighted by atomic mass is 35.5. The van der Waals surface area contributed by atoms with E-state index in [4.69, 9.17) is 11.6 Å². The van der Waals surface area contributed by atoms with E-state index in [0.29, 0.717) is 43.8 Å². The summed E-state index contributed by atoms with van der Waals surface area (Å²) in [7, 11) is 0. The Kier molecular flexibility index (Phi) is 4.24. The van der Waals surface area contributed by atoms with Gasteiger partial charge in [-0.1, -0.05) is 11.6 Å². The average molecular weight is 410 g/mol. The summed E-state index contributed by atoms with van der Waals surface area (Å²) in [6, 6.07) is 16.0. The second-order valence-electron chi connectivity index (χ2n) is 6.71. The van der Waals surface area contributed by atoms with Crippen LogP contribution in [0.1, 0.15) is 21.7 Å². The number of nitriles is 1. The van der Waals surface area contributed by atoms with Crippen LogP contribution < -0.4 is 0 Å². The molecule has 0 radical (unpaired) electrons. The Morgan fingerprint density at radius 2 is 1.97 bits per heavy atom. The molecule has 0 unspecified atom stereocenters. The Morgan fingerprint density at radius 1 is 1.07 bits per heavy atom. The number of H-pyrrole nitrogens is 1. The average Bonchev–Trinajstić information content (AvgIpc) is 3.21. The molecule has 0 bridgehead atoms. The van der Waals surface area contributed by atoms with Gasteiger partial charge < -0.3 is 4.98 Å². The normalized spacial score (nSPS) is 10.9. The molecule has 7 heteroatoms. The zero-order valence-electron chi connectivity index (χ0n) is 15.4. The number of fused-ring (bicyclic) bond motifs is 2. The zero-order chi connectivity index (χ0) is 20.7. The minimum atomic E-state index is -0.283. The molecule has 3 heterocycles. The van der Waals surface area contributed by atoms with E-state index < -0.39 is 0 Å². The second kappa shape index (κ2) is 7.07. The van der Waals surface area contributed by atoms with Gasteiger partial charge >= 0.3 is 0 Å². The van der Waals surface area contributed by atoms with Gasteiger partial charge in [-0.3, -0.25) is 14.8 Å². The first kappa shape index (κ1) is 18.0. The summed E-state index contributed by atoms with van der Waals surface area (Å²) in [5, 5.41) is 11.0. The molecule has 0 amide bonds. The van der Waals surface area contributed by atoms with Crippen LogP contribution in [0.4, 0.5) is 0 Å². The monoisotopic (exact) mass is 409 g/mol. The van der Waals surface area contributed by atoms with Crippen LogP contribution in [0.3, 0.4) is 0 Å². The summed E-state index contributed by atoms with van der Waals surface area (Å²) < 4.78 is 0. The molecule has 1 N–H and O–H groups in total. The van der Waals surface area contributed by atoms with Gasteiger partial charge in [0, 0.05) is 45.7 Å². The van der Waals surface area contributed by atoms with Crippen LogP contribution in [0.2, 0.25) is 5.02 Å². The molecule has 0 aliphatic rings. The van der Waals surface area contributed by atoms with Crippen LogP contribution in [0.5, 0.6) is 0 Å². The van der Waals surface area contributed by atoms with Gasteiger partial charge in [0.2, 0.25) is 5.78 Å². The van der Waals surface area contributed by atoms with Crippen molar-refractivity contribution in [3.63, 3.8) is 0 Å². The maximum atomic E-state index is 13.1. The topological polar surface area (TPSA) is 95.3 Å². The third kappa shape index (κ3) is 2.98. The van der Waals surface area contributed by atoms with E-state index in [1.807, 2.05) is 12.1 Å². The molecule has 2 aromatic carbocycles. The van der Waals surface area contributed by atoms with Crippen molar-refractivity contribution in [2.24, 2.45) is 0 Å². The lowest BCUT2D eigenvalue weighted by Gasteiger charge is -2.09. The number of carbonyl (C=O) groups excluding carboxylic acids is 1. The standard InChI is InChI=1S/C23H12ClN5O/c24-16-5-6-19-20(9-16)29-23(28-19)22(30)13-3-4-14(10-25)17(8-13)18-12-26-11-15-2-1-7-27-21(15)18/h1-9,11-12H,(H,28,29). The van der Waals surface area contributed by atoms with E-state index in [-0.39, 0.29) is 11.6 Å². The maximum absolute atomic E-state index is 13.1. The molecule has 5 aromatic rings. The van der Waals surface area contributed by atoms with Crippen molar-refractivity contribution in [1.29, 1.82) is 5.26 Å². The van der Waals surface area contributed by atoms with Crippen LogP contribution in [-0.4, -0.2) is 25.7 Å². The summed E-state index contributed by atoms with van der Waals surface area (Å²) in [4.78, 5) is 29.2. The molecular formula is C23H12ClN5O. The van der Waals surface area contributed by atoms with Gasteiger partial charge in [0.25, 0.3) is 0 Å². The summed E-state index contributed by atoms with van der Waals surface area (Å²) in [6.07, 6.45) is 5.06. The molecule has 0 saturated heterocycles. The van der Waals surface area contributed by atoms with E-state index >= 15 is 0 Å². The molecule has 0 aliphatic carbocycles. The molecule has 30 heavy (non-hydrogen) atoms. The number of rotatable bonds is 3. The van der Waals surface area contributed by atoms with Gasteiger partial charge in [-0.25, -0.2) is 4.98 Å². The van der Waals surface area contributed by atoms with Crippen molar-refractivity contribution < 1.29 is 4.79 Å². The highest BCUT2D eigenvalue weighted by Crippen LogP contribution is 2.30. The number of carbonyl (C=O) groups is 1. The molecule has 5 rings (SSSR count). The summed E-state index contributed by atoms with van der Waals surface area (Å²) in [6.45, 7) is 0. The number of ketones is 1. The first-order valence-electron chi connectivity index (χ1n) is 9.07. The van der Waals surface area contributed by atoms with E-state index in [9.17, 15) is 10.1 Å². The summed E-state index contributed by atoms with van der Waals surface area (Å²) in [5.41, 5.74) is 4.17. The van der Waals surface area contributed by atoms with Crippen LogP contribution >= 0.6 is 11.6 Å². The lowest BCUT2D eigenvalue weighted by molar-refractivity contribution is 0.103. The minimum Gasteiger partial charge on any atom is -0.335 e. The lowest BCUT2D eigenvalue weighted by Crippen LogP contribution is -2.04. The van der Waals surface area contributed by atoms with Gasteiger partial charge in [0.15, 0.2) is 5.82 Å². The fraction of sp³-hybridized carbons (Fsp3) is 0. The fourth-order valence-electron chi connectivity index (χ4n) is 3.43. The molecule has 0 atom stereocenters. The maximum Gasteiger partial charge on any atom is 0.228 e. The van der Waals surface area contributed by atoms with Crippen molar-refractivity contribution in [3.8, 4) is 17.2 Å². The SMILES string of the molecule is N#Cc1ccc(C(=O)c2nc3ccc(Cl)cc3[nH]2)cc1-c1cncc2cccnc12. The molecule has 142 valence electrons. The van der Waals surface area contributed by atoms with Gasteiger partial charge in [-0.15, -0.1) is 0 Å². The molecule has 6 nitrogen and oxygen atoms in total. The minimum absolute atomic E-state index is 0.206. The predicted octanol–water partition coefficient (Wildman–Crippen LogP) is 4.93. The van der Waals surface area contributed by atoms with Gasteiger partial charge in [-0.2, -0.15) is 5.26 Å². The Labute approximate surface area is 175 Å². The third-order valence-corrected chi connectivity index (χ3v) is 5.10. The Hall–Kier alpha value is -4.08. The largest absolute Gasteiger partial charge is 0.335 e. The quantitative estimate of drug-likeness (QED) is 0.426.